The Morgan fingerprint density at radius 1 is 0.408 bits per heavy atom. The van der Waals surface area contributed by atoms with Gasteiger partial charge in [-0.25, -0.2) is 19.9 Å². The van der Waals surface area contributed by atoms with Crippen LogP contribution < -0.4 is 82.3 Å². The van der Waals surface area contributed by atoms with Gasteiger partial charge < -0.3 is 87.0 Å². The van der Waals surface area contributed by atoms with E-state index in [0.29, 0.717) is 88.8 Å². The molecule has 0 spiro atoms. The van der Waals surface area contributed by atoms with Gasteiger partial charge in [0.05, 0.1) is 31.5 Å². The van der Waals surface area contributed by atoms with E-state index in [4.69, 9.17) is 60.8 Å². The molecule has 4 aliphatic heterocycles. The third-order valence-electron chi connectivity index (χ3n) is 15.0. The lowest BCUT2D eigenvalue weighted by molar-refractivity contribution is -0.138. The Morgan fingerprint density at radius 2 is 0.777 bits per heavy atom. The minimum absolute atomic E-state index is 0.00435. The Morgan fingerprint density at radius 3 is 1.17 bits per heavy atom. The molecule has 0 atom stereocenters. The second-order valence-corrected chi connectivity index (χ2v) is 22.2. The molecule has 8 aromatic heterocycles. The van der Waals surface area contributed by atoms with Gasteiger partial charge in [-0.1, -0.05) is 12.1 Å². The monoisotopic (exact) mass is 1420 g/mol. The van der Waals surface area contributed by atoms with E-state index < -0.39 is 23.5 Å². The maximum absolute atomic E-state index is 12.7. The molecule has 12 aromatic rings. The normalized spacial score (nSPS) is 13.2. The van der Waals surface area contributed by atoms with Crippen molar-refractivity contribution in [2.24, 2.45) is 0 Å². The molecule has 103 heavy (non-hydrogen) atoms. The summed E-state index contributed by atoms with van der Waals surface area (Å²) in [6.45, 7) is 7.57. The van der Waals surface area contributed by atoms with Crippen molar-refractivity contribution in [3.05, 3.63) is 168 Å². The topological polar surface area (TPSA) is 404 Å². The highest BCUT2D eigenvalue weighted by Crippen LogP contribution is 2.44. The van der Waals surface area contributed by atoms with E-state index in [1.165, 1.54) is 20.1 Å². The molecule has 16 rings (SSSR count). The molecule has 0 radical (unpaired) electrons. The minimum Gasteiger partial charge on any atom is -0.493 e. The molecular weight excluding hydrogens is 1360 g/mol. The number of nitrogens with zero attached hydrogens (tertiary/aromatic N) is 17. The number of morpholine rings is 1. The number of ether oxygens (including phenoxy) is 8. The van der Waals surface area contributed by atoms with Gasteiger partial charge in [0.2, 0.25) is 73.7 Å². The number of nitrogen functional groups attached to an aromatic ring is 4. The second kappa shape index (κ2) is 29.1. The van der Waals surface area contributed by atoms with Crippen LogP contribution in [0.1, 0.15) is 22.3 Å². The van der Waals surface area contributed by atoms with Crippen molar-refractivity contribution in [3.8, 4) is 63.5 Å². The number of aromatic nitrogens is 16. The molecule has 4 aromatic carbocycles. The zero-order chi connectivity index (χ0) is 71.9. The average molecular weight is 1420 g/mol. The molecule has 0 unspecified atom stereocenters. The third-order valence-corrected chi connectivity index (χ3v) is 15.0. The molecule has 0 aliphatic carbocycles. The summed E-state index contributed by atoms with van der Waals surface area (Å²) in [7, 11) is 1.56. The maximum atomic E-state index is 12.7. The Hall–Kier alpha value is -13.6. The zero-order valence-electron chi connectivity index (χ0n) is 54.3. The van der Waals surface area contributed by atoms with Gasteiger partial charge >= 0.3 is 12.4 Å². The van der Waals surface area contributed by atoms with E-state index in [9.17, 15) is 26.3 Å². The highest BCUT2D eigenvalue weighted by molar-refractivity contribution is 5.68. The Kier molecular flexibility index (Phi) is 19.2. The van der Waals surface area contributed by atoms with Crippen molar-refractivity contribution in [1.29, 1.82) is 0 Å². The average Bonchev–Trinajstić information content (AvgIpc) is 1.71. The summed E-state index contributed by atoms with van der Waals surface area (Å²) in [5.74, 6) is 7.33. The first kappa shape index (κ1) is 67.9. The van der Waals surface area contributed by atoms with Crippen LogP contribution in [-0.4, -0.2) is 133 Å². The van der Waals surface area contributed by atoms with Crippen LogP contribution >= 0.6 is 0 Å². The number of aryl methyl sites for hydroxylation is 2. The van der Waals surface area contributed by atoms with Crippen molar-refractivity contribution in [1.82, 2.24) is 79.0 Å². The van der Waals surface area contributed by atoms with E-state index >= 15 is 0 Å². The van der Waals surface area contributed by atoms with Crippen LogP contribution in [0, 0.1) is 13.8 Å². The first-order valence-corrected chi connectivity index (χ1v) is 30.7. The predicted octanol–water partition coefficient (Wildman–Crippen LogP) is 9.64. The highest BCUT2D eigenvalue weighted by atomic mass is 19.4. The van der Waals surface area contributed by atoms with Gasteiger partial charge in [0, 0.05) is 90.6 Å². The Labute approximate surface area is 578 Å². The van der Waals surface area contributed by atoms with Gasteiger partial charge in [-0.05, 0) is 110 Å². The van der Waals surface area contributed by atoms with E-state index in [1.807, 2.05) is 80.6 Å². The summed E-state index contributed by atoms with van der Waals surface area (Å²) in [6.07, 6.45) is -3.99. The summed E-state index contributed by atoms with van der Waals surface area (Å²) < 4.78 is 124. The number of halogens is 6. The van der Waals surface area contributed by atoms with E-state index in [-0.39, 0.29) is 67.7 Å². The molecule has 1 fully saturated rings. The number of benzene rings is 4. The summed E-state index contributed by atoms with van der Waals surface area (Å²) in [5, 5.41) is 29.1. The van der Waals surface area contributed by atoms with Crippen LogP contribution in [-0.2, 0) is 17.1 Å². The number of anilines is 13. The molecule has 33 nitrogen and oxygen atoms in total. The fourth-order valence-corrected chi connectivity index (χ4v) is 9.96. The largest absolute Gasteiger partial charge is 0.493 e. The van der Waals surface area contributed by atoms with E-state index in [0.717, 1.165) is 76.1 Å². The number of hydrogen-bond acceptors (Lipinski definition) is 29. The van der Waals surface area contributed by atoms with Gasteiger partial charge in [0.25, 0.3) is 0 Å². The van der Waals surface area contributed by atoms with Gasteiger partial charge in [0.1, 0.15) is 0 Å². The summed E-state index contributed by atoms with van der Waals surface area (Å²) >= 11 is 0. The number of hydrogen-bond donors (Lipinski definition) is 8. The van der Waals surface area contributed by atoms with Crippen LogP contribution in [0.3, 0.4) is 0 Å². The van der Waals surface area contributed by atoms with Crippen LogP contribution in [0.2, 0.25) is 0 Å². The quantitative estimate of drug-likeness (QED) is 0.0469. The van der Waals surface area contributed by atoms with Crippen molar-refractivity contribution in [2.45, 2.75) is 26.2 Å². The summed E-state index contributed by atoms with van der Waals surface area (Å²) in [6, 6.07) is 33.7. The fourth-order valence-electron chi connectivity index (χ4n) is 9.96. The lowest BCUT2D eigenvalue weighted by Gasteiger charge is -2.28. The maximum Gasteiger partial charge on any atom is 0.417 e. The van der Waals surface area contributed by atoms with Crippen molar-refractivity contribution in [3.63, 3.8) is 0 Å². The van der Waals surface area contributed by atoms with Crippen molar-refractivity contribution in [2.75, 3.05) is 103 Å². The molecule has 12 N–H and O–H groups in total. The number of rotatable bonds is 14. The standard InChI is InChI=1S/C18H18F3N7O.C16H16N6O3.C15H11F3N6O2.C15H14N6O2/c19-18(20,21)12-1-6-15(23-11-12)28-16(22)25-17(26-28)24-13-2-4-14(5-3-13)27-7-9-29-10-8-27;1-9-3-4-13(18-7-9)22-15(17)20-16(21-22)19-10-5-11(23-2)14-12(6-10)24-8-25-14;16-15(17,18)8-1-4-12(20-6-8)24-13(19)22-14(23-24)21-9-2-3-10-11(5-9)26-7-25-10;1-9-2-5-13(17-7-9)21-14(16)19-15(20-21)18-10-3-4-11-12(6-10)23-8-22-11/h1-6,11H,7-10H2,(H3,22,24,25,26);3-7H,8H2,1-2H3,(H3,17,19,20,21);1-6H,7H2,(H3,19,21,22,23);2-7H,8H2,1H3,(H3,16,18,19,20). The molecule has 530 valence electrons. The number of nitrogens with one attached hydrogen (secondary N) is 4. The van der Waals surface area contributed by atoms with Crippen LogP contribution in [0.4, 0.5) is 102 Å². The Balaban J connectivity index is 0.000000123. The van der Waals surface area contributed by atoms with Crippen molar-refractivity contribution < 1.29 is 64.2 Å². The molecule has 12 heterocycles. The lowest BCUT2D eigenvalue weighted by Crippen LogP contribution is -2.36. The zero-order valence-corrected chi connectivity index (χ0v) is 54.3. The first-order valence-electron chi connectivity index (χ1n) is 30.7. The number of fused-ring (bicyclic) bond motifs is 3. The van der Waals surface area contributed by atoms with E-state index in [1.54, 1.807) is 49.8 Å². The fraction of sp³-hybridized carbons (Fsp3) is 0.188. The predicted molar refractivity (Wildman–Crippen MR) is 361 cm³/mol. The molecular formula is C64H59F6N25O8. The number of nitrogens with two attached hydrogens (primary N) is 4. The van der Waals surface area contributed by atoms with Gasteiger partial charge in [-0.3, -0.25) is 0 Å². The van der Waals surface area contributed by atoms with Crippen LogP contribution in [0.15, 0.2) is 146 Å². The highest BCUT2D eigenvalue weighted by Gasteiger charge is 2.32. The summed E-state index contributed by atoms with van der Waals surface area (Å²) in [4.78, 5) is 34.9. The number of pyridine rings is 4. The SMILES string of the molecule is COc1cc(Nc2nc(N)n(-c3ccc(C)cn3)n2)cc2c1OCO2.Cc1ccc(-n2nc(Nc3ccc4c(c3)OCO4)nc2N)nc1.Nc1nc(Nc2ccc(N3CCOCC3)cc2)nn1-c1ccc(C(F)(F)F)cn1.Nc1nc(Nc2ccc3c(c2)OCO3)nn1-c1ccc(C(F)(F)F)cn1. The van der Waals surface area contributed by atoms with Crippen LogP contribution in [0.25, 0.3) is 23.3 Å². The molecule has 0 bridgehead atoms. The molecule has 1 saturated heterocycles. The number of alkyl halides is 6. The summed E-state index contributed by atoms with van der Waals surface area (Å²) in [5.41, 5.74) is 27.8. The Bertz CT molecular complexity index is 4940. The van der Waals surface area contributed by atoms with Gasteiger partial charge in [-0.2, -0.15) is 65.0 Å². The smallest absolute Gasteiger partial charge is 0.417 e. The van der Waals surface area contributed by atoms with Gasteiger partial charge in [-0.15, -0.1) is 20.4 Å². The molecule has 0 amide bonds. The molecule has 4 aliphatic rings. The second-order valence-electron chi connectivity index (χ2n) is 22.2. The van der Waals surface area contributed by atoms with Crippen LogP contribution in [0.5, 0.6) is 40.2 Å². The first-order chi connectivity index (χ1) is 49.6. The molecule has 0 saturated carbocycles. The van der Waals surface area contributed by atoms with Crippen molar-refractivity contribution >= 4 is 76.0 Å². The van der Waals surface area contributed by atoms with Gasteiger partial charge in [0.15, 0.2) is 57.8 Å². The number of methoxy groups -OCH3 is 1. The lowest BCUT2D eigenvalue weighted by atomic mass is 10.2. The molecule has 39 heteroatoms. The third kappa shape index (κ3) is 16.1. The minimum atomic E-state index is -4.47. The van der Waals surface area contributed by atoms with E-state index in [2.05, 4.69) is 86.4 Å².